The summed E-state index contributed by atoms with van der Waals surface area (Å²) in [6.07, 6.45) is 2.88. The summed E-state index contributed by atoms with van der Waals surface area (Å²) in [6, 6.07) is 12.9. The Labute approximate surface area is 143 Å². The van der Waals surface area contributed by atoms with E-state index < -0.39 is 5.82 Å². The lowest BCUT2D eigenvalue weighted by atomic mass is 10.2. The van der Waals surface area contributed by atoms with E-state index in [9.17, 15) is 14.0 Å². The van der Waals surface area contributed by atoms with Gasteiger partial charge in [0.2, 0.25) is 5.91 Å². The summed E-state index contributed by atoms with van der Waals surface area (Å²) in [5.41, 5.74) is 0.598. The number of fused-ring (bicyclic) bond motifs is 1. The fourth-order valence-electron chi connectivity index (χ4n) is 2.56. The van der Waals surface area contributed by atoms with Gasteiger partial charge in [-0.25, -0.2) is 9.37 Å². The number of hydrogen-bond acceptors (Lipinski definition) is 3. The van der Waals surface area contributed by atoms with Crippen LogP contribution >= 0.6 is 0 Å². The minimum atomic E-state index is -0.463. The van der Waals surface area contributed by atoms with Crippen molar-refractivity contribution in [1.82, 2.24) is 9.55 Å². The van der Waals surface area contributed by atoms with Crippen molar-refractivity contribution in [3.8, 4) is 0 Å². The van der Waals surface area contributed by atoms with Crippen molar-refractivity contribution in [1.29, 1.82) is 0 Å². The van der Waals surface area contributed by atoms with Crippen molar-refractivity contribution in [3.63, 3.8) is 0 Å². The maximum absolute atomic E-state index is 13.2. The average Bonchev–Trinajstić information content (AvgIpc) is 2.62. The smallest absolute Gasteiger partial charge is 0.261 e. The van der Waals surface area contributed by atoms with Gasteiger partial charge in [0.1, 0.15) is 12.4 Å². The van der Waals surface area contributed by atoms with E-state index in [1.807, 2.05) is 30.3 Å². The molecule has 0 aliphatic rings. The van der Waals surface area contributed by atoms with Crippen LogP contribution in [0.2, 0.25) is 0 Å². The van der Waals surface area contributed by atoms with Gasteiger partial charge in [0.05, 0.1) is 17.2 Å². The molecule has 5 nitrogen and oxygen atoms in total. The first-order valence-electron chi connectivity index (χ1n) is 7.71. The molecule has 3 rings (SSSR count). The first-order valence-corrected chi connectivity index (χ1v) is 7.71. The van der Waals surface area contributed by atoms with Crippen LogP contribution in [-0.4, -0.2) is 22.0 Å². The Kier molecular flexibility index (Phi) is 4.70. The van der Waals surface area contributed by atoms with Gasteiger partial charge < -0.3 is 4.90 Å². The summed E-state index contributed by atoms with van der Waals surface area (Å²) < 4.78 is 14.5. The minimum Gasteiger partial charge on any atom is -0.307 e. The Morgan fingerprint density at radius 2 is 2.00 bits per heavy atom. The molecule has 25 heavy (non-hydrogen) atoms. The highest BCUT2D eigenvalue weighted by Gasteiger charge is 2.16. The number of aromatic nitrogens is 2. The maximum Gasteiger partial charge on any atom is 0.261 e. The van der Waals surface area contributed by atoms with Gasteiger partial charge in [0.15, 0.2) is 0 Å². The van der Waals surface area contributed by atoms with E-state index in [0.717, 1.165) is 5.69 Å². The molecule has 0 N–H and O–H groups in total. The van der Waals surface area contributed by atoms with Crippen LogP contribution in [0.4, 0.5) is 10.1 Å². The lowest BCUT2D eigenvalue weighted by Crippen LogP contribution is -2.36. The number of halogens is 1. The molecule has 2 aromatic carbocycles. The minimum absolute atomic E-state index is 0.165. The summed E-state index contributed by atoms with van der Waals surface area (Å²) >= 11 is 0. The van der Waals surface area contributed by atoms with Crippen LogP contribution in [0.15, 0.2) is 72.3 Å². The molecule has 0 saturated carbocycles. The van der Waals surface area contributed by atoms with Crippen LogP contribution in [0.1, 0.15) is 0 Å². The van der Waals surface area contributed by atoms with E-state index in [0.29, 0.717) is 6.54 Å². The summed E-state index contributed by atoms with van der Waals surface area (Å²) in [5.74, 6) is -0.731. The number of hydrogen-bond donors (Lipinski definition) is 0. The largest absolute Gasteiger partial charge is 0.307 e. The van der Waals surface area contributed by atoms with E-state index in [4.69, 9.17) is 0 Å². The topological polar surface area (TPSA) is 55.2 Å². The molecule has 0 spiro atoms. The fourth-order valence-corrected chi connectivity index (χ4v) is 2.56. The summed E-state index contributed by atoms with van der Waals surface area (Å²) in [5, 5.41) is 0.270. The fraction of sp³-hybridized carbons (Fsp3) is 0.105. The molecular weight excluding hydrogens is 321 g/mol. The highest BCUT2D eigenvalue weighted by Crippen LogP contribution is 2.14. The van der Waals surface area contributed by atoms with Crippen molar-refractivity contribution in [3.05, 3.63) is 83.7 Å². The molecule has 0 aliphatic heterocycles. The number of carbonyl (C=O) groups is 1. The molecule has 0 fully saturated rings. The van der Waals surface area contributed by atoms with E-state index in [1.54, 1.807) is 6.08 Å². The van der Waals surface area contributed by atoms with Gasteiger partial charge in [0.25, 0.3) is 5.56 Å². The lowest BCUT2D eigenvalue weighted by Gasteiger charge is -2.21. The molecule has 0 bridgehead atoms. The van der Waals surface area contributed by atoms with Crippen molar-refractivity contribution < 1.29 is 9.18 Å². The molecule has 1 amide bonds. The Morgan fingerprint density at radius 1 is 1.24 bits per heavy atom. The first kappa shape index (κ1) is 16.6. The monoisotopic (exact) mass is 337 g/mol. The number of anilines is 1. The van der Waals surface area contributed by atoms with Gasteiger partial charge in [-0.15, -0.1) is 6.58 Å². The quantitative estimate of drug-likeness (QED) is 0.673. The van der Waals surface area contributed by atoms with E-state index in [1.165, 1.54) is 34.0 Å². The molecule has 0 atom stereocenters. The van der Waals surface area contributed by atoms with Crippen LogP contribution in [0, 0.1) is 5.82 Å². The third kappa shape index (κ3) is 3.47. The first-order chi connectivity index (χ1) is 12.1. The van der Waals surface area contributed by atoms with Crippen LogP contribution < -0.4 is 10.5 Å². The molecule has 0 aliphatic carbocycles. The predicted octanol–water partition coefficient (Wildman–Crippen LogP) is 2.75. The summed E-state index contributed by atoms with van der Waals surface area (Å²) in [4.78, 5) is 30.8. The Hall–Kier alpha value is -3.28. The number of rotatable bonds is 5. The van der Waals surface area contributed by atoms with E-state index in [2.05, 4.69) is 11.6 Å². The standard InChI is InChI=1S/C19H16FN3O2/c1-2-10-23(15-6-4-3-5-7-15)18(24)12-22-13-21-17-11-14(20)8-9-16(17)19(22)25/h2-9,11,13H,1,10,12H2. The van der Waals surface area contributed by atoms with Gasteiger partial charge in [-0.3, -0.25) is 14.2 Å². The SMILES string of the molecule is C=CCN(C(=O)Cn1cnc2cc(F)ccc2c1=O)c1ccccc1. The number of amides is 1. The zero-order valence-electron chi connectivity index (χ0n) is 13.4. The highest BCUT2D eigenvalue weighted by atomic mass is 19.1. The second-order valence-electron chi connectivity index (χ2n) is 5.47. The zero-order chi connectivity index (χ0) is 17.8. The second-order valence-corrected chi connectivity index (χ2v) is 5.47. The van der Waals surface area contributed by atoms with Crippen LogP contribution in [0.3, 0.4) is 0 Å². The molecule has 0 unspecified atom stereocenters. The summed E-state index contributed by atoms with van der Waals surface area (Å²) in [6.45, 7) is 3.83. The molecule has 1 heterocycles. The predicted molar refractivity (Wildman–Crippen MR) is 95.0 cm³/mol. The Morgan fingerprint density at radius 3 is 2.72 bits per heavy atom. The van der Waals surface area contributed by atoms with Crippen molar-refractivity contribution >= 4 is 22.5 Å². The molecule has 0 saturated heterocycles. The van der Waals surface area contributed by atoms with E-state index >= 15 is 0 Å². The van der Waals surface area contributed by atoms with Gasteiger partial charge in [0, 0.05) is 18.3 Å². The zero-order valence-corrected chi connectivity index (χ0v) is 13.4. The molecule has 0 radical (unpaired) electrons. The highest BCUT2D eigenvalue weighted by molar-refractivity contribution is 5.93. The van der Waals surface area contributed by atoms with Gasteiger partial charge in [-0.2, -0.15) is 0 Å². The maximum atomic E-state index is 13.2. The number of para-hydroxylation sites is 1. The molecule has 1 aromatic heterocycles. The number of nitrogens with zero attached hydrogens (tertiary/aromatic N) is 3. The van der Waals surface area contributed by atoms with Crippen LogP contribution in [0.25, 0.3) is 10.9 Å². The Balaban J connectivity index is 1.92. The van der Waals surface area contributed by atoms with Gasteiger partial charge >= 0.3 is 0 Å². The molecule has 3 aromatic rings. The number of carbonyl (C=O) groups excluding carboxylic acids is 1. The normalized spacial score (nSPS) is 10.6. The summed E-state index contributed by atoms with van der Waals surface area (Å²) in [7, 11) is 0. The van der Waals surface area contributed by atoms with Gasteiger partial charge in [-0.05, 0) is 24.3 Å². The van der Waals surface area contributed by atoms with Crippen molar-refractivity contribution in [2.75, 3.05) is 11.4 Å². The third-order valence-corrected chi connectivity index (χ3v) is 3.77. The molecule has 6 heteroatoms. The Bertz CT molecular complexity index is 983. The average molecular weight is 337 g/mol. The number of benzene rings is 2. The third-order valence-electron chi connectivity index (χ3n) is 3.77. The van der Waals surface area contributed by atoms with Crippen LogP contribution in [-0.2, 0) is 11.3 Å². The lowest BCUT2D eigenvalue weighted by molar-refractivity contribution is -0.119. The van der Waals surface area contributed by atoms with Crippen LogP contribution in [0.5, 0.6) is 0 Å². The van der Waals surface area contributed by atoms with Gasteiger partial charge in [-0.1, -0.05) is 24.3 Å². The molecule has 126 valence electrons. The van der Waals surface area contributed by atoms with Crippen molar-refractivity contribution in [2.24, 2.45) is 0 Å². The second kappa shape index (κ2) is 7.09. The van der Waals surface area contributed by atoms with E-state index in [-0.39, 0.29) is 28.9 Å². The van der Waals surface area contributed by atoms with Crippen molar-refractivity contribution in [2.45, 2.75) is 6.54 Å². The molecular formula is C19H16FN3O2.